The van der Waals surface area contributed by atoms with Crippen LogP contribution in [0.25, 0.3) is 11.0 Å². The minimum Gasteiger partial charge on any atom is -0.488 e. The van der Waals surface area contributed by atoms with Gasteiger partial charge in [-0.05, 0) is 74.9 Å². The fourth-order valence-electron chi connectivity index (χ4n) is 6.20. The second kappa shape index (κ2) is 10.9. The van der Waals surface area contributed by atoms with Gasteiger partial charge in [-0.3, -0.25) is 4.79 Å². The molecule has 2 fully saturated rings. The molecule has 1 saturated heterocycles. The molecule has 40 heavy (non-hydrogen) atoms. The summed E-state index contributed by atoms with van der Waals surface area (Å²) in [6.07, 6.45) is 0.420. The summed E-state index contributed by atoms with van der Waals surface area (Å²) in [4.78, 5) is 27.8. The second-order valence-electron chi connectivity index (χ2n) is 11.2. The van der Waals surface area contributed by atoms with Gasteiger partial charge < -0.3 is 19.2 Å². The van der Waals surface area contributed by atoms with Gasteiger partial charge in [0.25, 0.3) is 0 Å². The third-order valence-electron chi connectivity index (χ3n) is 8.67. The summed E-state index contributed by atoms with van der Waals surface area (Å²) < 4.78 is 50.6. The first-order valence-electron chi connectivity index (χ1n) is 13.8. The smallest absolute Gasteiger partial charge is 0.416 e. The third kappa shape index (κ3) is 5.61. The molecule has 1 saturated carbocycles. The number of amides is 1. The molecule has 2 heterocycles. The largest absolute Gasteiger partial charge is 0.488 e. The van der Waals surface area contributed by atoms with Crippen LogP contribution in [0, 0.1) is 19.8 Å². The lowest BCUT2D eigenvalue weighted by Crippen LogP contribution is -2.54. The van der Waals surface area contributed by atoms with Crippen LogP contribution in [0.3, 0.4) is 0 Å². The summed E-state index contributed by atoms with van der Waals surface area (Å²) in [5, 5.41) is 11.6. The molecule has 214 valence electrons. The maximum Gasteiger partial charge on any atom is 0.416 e. The van der Waals surface area contributed by atoms with Crippen LogP contribution in [0.2, 0.25) is 0 Å². The predicted octanol–water partition coefficient (Wildman–Crippen LogP) is 6.09. The number of aliphatic hydroxyl groups is 1. The van der Waals surface area contributed by atoms with Crippen molar-refractivity contribution in [1.82, 2.24) is 4.90 Å². The number of alkyl halides is 3. The van der Waals surface area contributed by atoms with Crippen LogP contribution in [0.15, 0.2) is 45.6 Å². The number of benzene rings is 2. The van der Waals surface area contributed by atoms with Crippen molar-refractivity contribution in [3.8, 4) is 5.75 Å². The van der Waals surface area contributed by atoms with E-state index in [-0.39, 0.29) is 31.3 Å². The zero-order valence-corrected chi connectivity index (χ0v) is 22.8. The van der Waals surface area contributed by atoms with Crippen molar-refractivity contribution in [1.29, 1.82) is 0 Å². The summed E-state index contributed by atoms with van der Waals surface area (Å²) in [5.74, 6) is 0.489. The number of aryl methyl sites for hydroxylation is 2. The maximum atomic E-state index is 13.0. The predicted molar refractivity (Wildman–Crippen MR) is 144 cm³/mol. The molecule has 9 heteroatoms. The Labute approximate surface area is 230 Å². The van der Waals surface area contributed by atoms with Crippen LogP contribution in [-0.4, -0.2) is 34.6 Å². The van der Waals surface area contributed by atoms with Gasteiger partial charge in [0.05, 0.1) is 11.2 Å². The summed E-state index contributed by atoms with van der Waals surface area (Å²) in [7, 11) is 0. The van der Waals surface area contributed by atoms with Crippen LogP contribution in [0.4, 0.5) is 13.2 Å². The van der Waals surface area contributed by atoms with Gasteiger partial charge in [-0.25, -0.2) is 4.79 Å². The Hall–Kier alpha value is -3.33. The molecular weight excluding hydrogens is 523 g/mol. The molecule has 5 rings (SSSR count). The first kappa shape index (κ1) is 28.2. The normalized spacial score (nSPS) is 21.4. The van der Waals surface area contributed by atoms with E-state index in [4.69, 9.17) is 9.15 Å². The number of likely N-dealkylation sites (tertiary alicyclic amines) is 1. The molecule has 0 spiro atoms. The summed E-state index contributed by atoms with van der Waals surface area (Å²) >= 11 is 0. The Morgan fingerprint density at radius 3 is 2.73 bits per heavy atom. The average Bonchev–Trinajstić information content (AvgIpc) is 2.92. The minimum atomic E-state index is -4.44. The van der Waals surface area contributed by atoms with Crippen molar-refractivity contribution >= 4 is 16.9 Å². The number of halogens is 3. The number of ether oxygens (including phenoxy) is 1. The van der Waals surface area contributed by atoms with Crippen molar-refractivity contribution in [2.75, 3.05) is 13.1 Å². The number of carbonyl (C=O) groups excluding carboxylic acids is 1. The Balaban J connectivity index is 1.28. The van der Waals surface area contributed by atoms with E-state index in [1.807, 2.05) is 11.8 Å². The lowest BCUT2D eigenvalue weighted by atomic mass is 9.71. The minimum absolute atomic E-state index is 0.0268. The lowest BCUT2D eigenvalue weighted by Gasteiger charge is -2.47. The van der Waals surface area contributed by atoms with Gasteiger partial charge in [-0.2, -0.15) is 13.2 Å². The van der Waals surface area contributed by atoms with E-state index < -0.39 is 23.0 Å². The number of carbonyl (C=O) groups is 1. The molecule has 1 amide bonds. The van der Waals surface area contributed by atoms with Gasteiger partial charge in [0.2, 0.25) is 5.91 Å². The first-order chi connectivity index (χ1) is 19.0. The molecule has 1 aliphatic heterocycles. The fourth-order valence-corrected chi connectivity index (χ4v) is 6.20. The van der Waals surface area contributed by atoms with E-state index in [2.05, 4.69) is 0 Å². The monoisotopic (exact) mass is 557 g/mol. The molecule has 0 unspecified atom stereocenters. The van der Waals surface area contributed by atoms with Gasteiger partial charge in [-0.15, -0.1) is 0 Å². The molecule has 1 aromatic heterocycles. The van der Waals surface area contributed by atoms with Crippen molar-refractivity contribution in [2.24, 2.45) is 5.92 Å². The Bertz CT molecular complexity index is 1480. The molecule has 1 N–H and O–H groups in total. The van der Waals surface area contributed by atoms with E-state index in [9.17, 15) is 27.9 Å². The molecule has 2 aromatic carbocycles. The summed E-state index contributed by atoms with van der Waals surface area (Å²) in [6.45, 7) is 4.57. The van der Waals surface area contributed by atoms with E-state index in [0.717, 1.165) is 48.8 Å². The van der Waals surface area contributed by atoms with Crippen LogP contribution >= 0.6 is 0 Å². The van der Waals surface area contributed by atoms with Crippen LogP contribution in [-0.2, 0) is 24.0 Å². The van der Waals surface area contributed by atoms with Gasteiger partial charge in [0.15, 0.2) is 0 Å². The van der Waals surface area contributed by atoms with E-state index in [1.54, 1.807) is 25.1 Å². The standard InChI is InChI=1S/C31H34F3NO5/c1-19-24-9-11-26(39-18-21-6-5-8-22(16-21)31(32,33)34)20(2)28(24)40-29(37)25(19)10-12-27(36)35-15-14-30(38)13-4-3-7-23(30)17-35/h5-6,8-9,11,16,23,38H,3-4,7,10,12-15,17-18H2,1-2H3/t23-,30+/m0/s1. The zero-order valence-electron chi connectivity index (χ0n) is 22.8. The maximum absolute atomic E-state index is 13.0. The van der Waals surface area contributed by atoms with Gasteiger partial charge in [0, 0.05) is 41.9 Å². The van der Waals surface area contributed by atoms with Gasteiger partial charge in [-0.1, -0.05) is 25.0 Å². The Kier molecular flexibility index (Phi) is 7.70. The van der Waals surface area contributed by atoms with Crippen LogP contribution < -0.4 is 10.4 Å². The molecule has 0 radical (unpaired) electrons. The number of piperidine rings is 1. The molecule has 2 atom stereocenters. The highest BCUT2D eigenvalue weighted by Gasteiger charge is 2.43. The Morgan fingerprint density at radius 2 is 1.95 bits per heavy atom. The van der Waals surface area contributed by atoms with Gasteiger partial charge in [0.1, 0.15) is 17.9 Å². The molecule has 3 aromatic rings. The highest BCUT2D eigenvalue weighted by Crippen LogP contribution is 2.40. The first-order valence-corrected chi connectivity index (χ1v) is 13.8. The number of nitrogens with zero attached hydrogens (tertiary/aromatic N) is 1. The average molecular weight is 558 g/mol. The molecule has 0 bridgehead atoms. The Morgan fingerprint density at radius 1 is 1.15 bits per heavy atom. The second-order valence-corrected chi connectivity index (χ2v) is 11.2. The summed E-state index contributed by atoms with van der Waals surface area (Å²) in [5.41, 5.74) is 0.555. The third-order valence-corrected chi connectivity index (χ3v) is 8.67. The number of fused-ring (bicyclic) bond motifs is 2. The van der Waals surface area contributed by atoms with Crippen molar-refractivity contribution in [3.05, 3.63) is 74.6 Å². The number of hydrogen-bond donors (Lipinski definition) is 1. The van der Waals surface area contributed by atoms with Gasteiger partial charge >= 0.3 is 11.8 Å². The lowest BCUT2D eigenvalue weighted by molar-refractivity contribution is -0.143. The van der Waals surface area contributed by atoms with Crippen LogP contribution in [0.5, 0.6) is 5.75 Å². The molecule has 1 aliphatic carbocycles. The van der Waals surface area contributed by atoms with E-state index in [0.29, 0.717) is 47.5 Å². The van der Waals surface area contributed by atoms with Crippen LogP contribution in [0.1, 0.15) is 66.3 Å². The summed E-state index contributed by atoms with van der Waals surface area (Å²) in [6, 6.07) is 8.44. The zero-order chi connectivity index (χ0) is 28.7. The topological polar surface area (TPSA) is 80.0 Å². The molecular formula is C31H34F3NO5. The van der Waals surface area contributed by atoms with E-state index >= 15 is 0 Å². The SMILES string of the molecule is Cc1c(CCC(=O)N2CC[C@]3(O)CCCC[C@H]3C2)c(=O)oc2c(C)c(OCc3cccc(C(F)(F)F)c3)ccc12. The highest BCUT2D eigenvalue weighted by molar-refractivity contribution is 5.86. The highest BCUT2D eigenvalue weighted by atomic mass is 19.4. The fraction of sp³-hybridized carbons (Fsp3) is 0.484. The molecule has 6 nitrogen and oxygen atoms in total. The quantitative estimate of drug-likeness (QED) is 0.371. The number of rotatable bonds is 6. The molecule has 2 aliphatic rings. The van der Waals surface area contributed by atoms with Crippen molar-refractivity contribution in [2.45, 2.75) is 77.2 Å². The van der Waals surface area contributed by atoms with E-state index in [1.165, 1.54) is 6.07 Å². The van der Waals surface area contributed by atoms with Crippen molar-refractivity contribution < 1.29 is 32.2 Å². The number of hydrogen-bond acceptors (Lipinski definition) is 5. The van der Waals surface area contributed by atoms with Crippen molar-refractivity contribution in [3.63, 3.8) is 0 Å².